The number of anilines is 1. The second-order valence-electron chi connectivity index (χ2n) is 5.97. The molecule has 5 heteroatoms. The van der Waals surface area contributed by atoms with E-state index in [1.165, 1.54) is 0 Å². The molecular formula is C16H22N2O3. The van der Waals surface area contributed by atoms with Crippen LogP contribution in [0.5, 0.6) is 0 Å². The molecule has 1 aliphatic rings. The van der Waals surface area contributed by atoms with Crippen molar-refractivity contribution in [2.24, 2.45) is 5.92 Å². The number of aliphatic carboxylic acids is 1. The summed E-state index contributed by atoms with van der Waals surface area (Å²) in [6, 6.07) is 7.25. The molecule has 1 saturated carbocycles. The van der Waals surface area contributed by atoms with Gasteiger partial charge in [0.1, 0.15) is 0 Å². The van der Waals surface area contributed by atoms with Gasteiger partial charge in [-0.15, -0.1) is 0 Å². The molecule has 5 nitrogen and oxygen atoms in total. The fraction of sp³-hybridized carbons (Fsp3) is 0.500. The molecule has 0 aliphatic heterocycles. The van der Waals surface area contributed by atoms with E-state index in [2.05, 4.69) is 19.2 Å². The van der Waals surface area contributed by atoms with Gasteiger partial charge in [-0.05, 0) is 36.5 Å². The summed E-state index contributed by atoms with van der Waals surface area (Å²) in [7, 11) is 0. The van der Waals surface area contributed by atoms with Gasteiger partial charge in [0.15, 0.2) is 0 Å². The van der Waals surface area contributed by atoms with E-state index in [0.717, 1.165) is 24.9 Å². The molecule has 114 valence electrons. The van der Waals surface area contributed by atoms with Crippen LogP contribution in [-0.2, 0) is 11.2 Å². The Hall–Kier alpha value is -2.04. The van der Waals surface area contributed by atoms with E-state index in [1.807, 2.05) is 4.90 Å². The minimum absolute atomic E-state index is 0.00419. The van der Waals surface area contributed by atoms with Gasteiger partial charge in [0.2, 0.25) is 0 Å². The maximum atomic E-state index is 12.3. The lowest BCUT2D eigenvalue weighted by atomic mass is 10.1. The zero-order chi connectivity index (χ0) is 15.4. The molecule has 2 rings (SSSR count). The summed E-state index contributed by atoms with van der Waals surface area (Å²) in [4.78, 5) is 24.8. The number of rotatable bonds is 6. The Bertz CT molecular complexity index is 507. The van der Waals surface area contributed by atoms with E-state index >= 15 is 0 Å². The molecule has 0 radical (unpaired) electrons. The molecule has 1 aromatic rings. The maximum Gasteiger partial charge on any atom is 0.322 e. The van der Waals surface area contributed by atoms with Gasteiger partial charge >= 0.3 is 12.0 Å². The minimum Gasteiger partial charge on any atom is -0.481 e. The Balaban J connectivity index is 1.96. The highest BCUT2D eigenvalue weighted by molar-refractivity contribution is 5.89. The van der Waals surface area contributed by atoms with Crippen LogP contribution in [0.1, 0.15) is 32.3 Å². The second kappa shape index (κ2) is 6.61. The fourth-order valence-electron chi connectivity index (χ4n) is 2.25. The Kier molecular flexibility index (Phi) is 4.83. The lowest BCUT2D eigenvalue weighted by Crippen LogP contribution is -2.39. The largest absolute Gasteiger partial charge is 0.481 e. The first kappa shape index (κ1) is 15.4. The van der Waals surface area contributed by atoms with Crippen molar-refractivity contribution < 1.29 is 14.7 Å². The van der Waals surface area contributed by atoms with Crippen molar-refractivity contribution in [3.05, 3.63) is 29.8 Å². The van der Waals surface area contributed by atoms with Gasteiger partial charge in [0, 0.05) is 18.3 Å². The van der Waals surface area contributed by atoms with Crippen molar-refractivity contribution >= 4 is 17.7 Å². The van der Waals surface area contributed by atoms with Gasteiger partial charge in [-0.2, -0.15) is 0 Å². The van der Waals surface area contributed by atoms with Crippen LogP contribution in [0.25, 0.3) is 0 Å². The van der Waals surface area contributed by atoms with E-state index in [1.54, 1.807) is 24.3 Å². The maximum absolute atomic E-state index is 12.3. The summed E-state index contributed by atoms with van der Waals surface area (Å²) in [5.74, 6) is -0.419. The van der Waals surface area contributed by atoms with E-state index in [0.29, 0.717) is 17.6 Å². The van der Waals surface area contributed by atoms with E-state index < -0.39 is 5.97 Å². The second-order valence-corrected chi connectivity index (χ2v) is 5.97. The zero-order valence-corrected chi connectivity index (χ0v) is 12.5. The summed E-state index contributed by atoms with van der Waals surface area (Å²) >= 11 is 0. The van der Waals surface area contributed by atoms with Crippen LogP contribution < -0.4 is 5.32 Å². The summed E-state index contributed by atoms with van der Waals surface area (Å²) in [6.07, 6.45) is 2.16. The van der Waals surface area contributed by atoms with Crippen molar-refractivity contribution in [2.45, 2.75) is 39.2 Å². The van der Waals surface area contributed by atoms with E-state index in [4.69, 9.17) is 5.11 Å². The van der Waals surface area contributed by atoms with Crippen molar-refractivity contribution in [3.63, 3.8) is 0 Å². The monoisotopic (exact) mass is 290 g/mol. The van der Waals surface area contributed by atoms with E-state index in [9.17, 15) is 9.59 Å². The topological polar surface area (TPSA) is 69.6 Å². The average Bonchev–Trinajstić information content (AvgIpc) is 3.21. The van der Waals surface area contributed by atoms with Crippen LogP contribution in [0.4, 0.5) is 10.5 Å². The molecular weight excluding hydrogens is 268 g/mol. The van der Waals surface area contributed by atoms with Crippen molar-refractivity contribution in [1.29, 1.82) is 0 Å². The van der Waals surface area contributed by atoms with Crippen molar-refractivity contribution in [3.8, 4) is 0 Å². The standard InChI is InChI=1S/C16H22N2O3/c1-11(2)10-18(14-7-8-14)16(21)17-13-5-3-12(4-6-13)9-15(19)20/h3-6,11,14H,7-10H2,1-2H3,(H,17,21)(H,19,20). The number of urea groups is 1. The molecule has 1 aromatic carbocycles. The number of carboxylic acid groups (broad SMARTS) is 1. The van der Waals surface area contributed by atoms with Gasteiger partial charge in [-0.3, -0.25) is 4.79 Å². The lowest BCUT2D eigenvalue weighted by Gasteiger charge is -2.24. The predicted molar refractivity (Wildman–Crippen MR) is 81.4 cm³/mol. The number of hydrogen-bond acceptors (Lipinski definition) is 2. The molecule has 0 saturated heterocycles. The first-order chi connectivity index (χ1) is 9.95. The van der Waals surface area contributed by atoms with Crippen LogP contribution in [0.2, 0.25) is 0 Å². The van der Waals surface area contributed by atoms with Gasteiger partial charge in [-0.1, -0.05) is 26.0 Å². The van der Waals surface area contributed by atoms with Gasteiger partial charge in [0.25, 0.3) is 0 Å². The molecule has 2 amide bonds. The summed E-state index contributed by atoms with van der Waals surface area (Å²) in [6.45, 7) is 4.96. The summed E-state index contributed by atoms with van der Waals surface area (Å²) in [5, 5.41) is 11.6. The number of carboxylic acids is 1. The van der Waals surface area contributed by atoms with Crippen molar-refractivity contribution in [2.75, 3.05) is 11.9 Å². The quantitative estimate of drug-likeness (QED) is 0.846. The highest BCUT2D eigenvalue weighted by Crippen LogP contribution is 2.28. The number of benzene rings is 1. The third-order valence-electron chi connectivity index (χ3n) is 3.37. The van der Waals surface area contributed by atoms with Gasteiger partial charge in [0.05, 0.1) is 6.42 Å². The van der Waals surface area contributed by atoms with Crippen LogP contribution in [0, 0.1) is 5.92 Å². The molecule has 0 spiro atoms. The predicted octanol–water partition coefficient (Wildman–Crippen LogP) is 2.97. The summed E-state index contributed by atoms with van der Waals surface area (Å²) in [5.41, 5.74) is 1.42. The molecule has 1 aliphatic carbocycles. The van der Waals surface area contributed by atoms with Gasteiger partial charge in [-0.25, -0.2) is 4.79 Å². The molecule has 0 bridgehead atoms. The molecule has 1 fully saturated rings. The number of nitrogens with one attached hydrogen (secondary N) is 1. The molecule has 2 N–H and O–H groups in total. The Morgan fingerprint density at radius 3 is 2.38 bits per heavy atom. The number of carbonyl (C=O) groups is 2. The van der Waals surface area contributed by atoms with Crippen LogP contribution in [0.3, 0.4) is 0 Å². The number of hydrogen-bond donors (Lipinski definition) is 2. The van der Waals surface area contributed by atoms with Crippen LogP contribution in [-0.4, -0.2) is 34.6 Å². The van der Waals surface area contributed by atoms with E-state index in [-0.39, 0.29) is 12.5 Å². The highest BCUT2D eigenvalue weighted by Gasteiger charge is 2.32. The molecule has 0 heterocycles. The van der Waals surface area contributed by atoms with Crippen LogP contribution >= 0.6 is 0 Å². The lowest BCUT2D eigenvalue weighted by molar-refractivity contribution is -0.136. The third kappa shape index (κ3) is 4.77. The number of carbonyl (C=O) groups excluding carboxylic acids is 1. The Morgan fingerprint density at radius 2 is 1.90 bits per heavy atom. The molecule has 0 aromatic heterocycles. The summed E-state index contributed by atoms with van der Waals surface area (Å²) < 4.78 is 0. The smallest absolute Gasteiger partial charge is 0.322 e. The molecule has 21 heavy (non-hydrogen) atoms. The third-order valence-corrected chi connectivity index (χ3v) is 3.37. The van der Waals surface area contributed by atoms with Crippen molar-refractivity contribution in [1.82, 2.24) is 4.90 Å². The fourth-order valence-corrected chi connectivity index (χ4v) is 2.25. The van der Waals surface area contributed by atoms with Gasteiger partial charge < -0.3 is 15.3 Å². The number of nitrogens with zero attached hydrogens (tertiary/aromatic N) is 1. The Labute approximate surface area is 125 Å². The first-order valence-electron chi connectivity index (χ1n) is 7.34. The highest BCUT2D eigenvalue weighted by atomic mass is 16.4. The SMILES string of the molecule is CC(C)CN(C(=O)Nc1ccc(CC(=O)O)cc1)C1CC1. The minimum atomic E-state index is -0.858. The average molecular weight is 290 g/mol. The number of amides is 2. The first-order valence-corrected chi connectivity index (χ1v) is 7.34. The normalized spacial score (nSPS) is 14.0. The molecule has 0 unspecified atom stereocenters. The Morgan fingerprint density at radius 1 is 1.29 bits per heavy atom. The molecule has 0 atom stereocenters. The van der Waals surface area contributed by atoms with Crippen LogP contribution in [0.15, 0.2) is 24.3 Å². The zero-order valence-electron chi connectivity index (χ0n) is 12.5.